The Morgan fingerprint density at radius 1 is 0.800 bits per heavy atom. The van der Waals surface area contributed by atoms with Crippen LogP contribution in [0.3, 0.4) is 0 Å². The first-order valence-electron chi connectivity index (χ1n) is 2.35. The summed E-state index contributed by atoms with van der Waals surface area (Å²) in [6.07, 6.45) is 0. The Kier molecular flexibility index (Phi) is 1.61. The molecule has 2 atom stereocenters. The molecule has 1 saturated carbocycles. The van der Waals surface area contributed by atoms with Gasteiger partial charge in [0.2, 0.25) is 0 Å². The van der Waals surface area contributed by atoms with Gasteiger partial charge in [-0.05, 0) is 0 Å². The van der Waals surface area contributed by atoms with E-state index in [1.165, 1.54) is 0 Å². The quantitative estimate of drug-likeness (QED) is 0.413. The zero-order valence-corrected chi connectivity index (χ0v) is 5.93. The summed E-state index contributed by atoms with van der Waals surface area (Å²) in [6, 6.07) is 0. The highest BCUT2D eigenvalue weighted by molar-refractivity contribution is 6.32. The third-order valence-electron chi connectivity index (χ3n) is 1.39. The van der Waals surface area contributed by atoms with Gasteiger partial charge in [0.1, 0.15) is 10.8 Å². The summed E-state index contributed by atoms with van der Waals surface area (Å²) < 4.78 is 48.0. The third-order valence-corrected chi connectivity index (χ3v) is 2.58. The molecule has 0 aromatic rings. The number of alkyl halides is 6. The van der Waals surface area contributed by atoms with E-state index in [4.69, 9.17) is 23.2 Å². The van der Waals surface area contributed by atoms with Crippen molar-refractivity contribution in [3.05, 3.63) is 0 Å². The highest BCUT2D eigenvalue weighted by Gasteiger charge is 2.78. The van der Waals surface area contributed by atoms with Crippen molar-refractivity contribution in [2.75, 3.05) is 0 Å². The third kappa shape index (κ3) is 0.691. The maximum absolute atomic E-state index is 12.0. The smallest absolute Gasteiger partial charge is 0.198 e. The summed E-state index contributed by atoms with van der Waals surface area (Å²) in [5.74, 6) is -8.30. The van der Waals surface area contributed by atoms with Crippen LogP contribution in [-0.2, 0) is 0 Å². The minimum atomic E-state index is -4.15. The number of hydrogen-bond donors (Lipinski definition) is 0. The van der Waals surface area contributed by atoms with E-state index in [-0.39, 0.29) is 0 Å². The lowest BCUT2D eigenvalue weighted by Gasteiger charge is -2.44. The lowest BCUT2D eigenvalue weighted by Crippen LogP contribution is -2.69. The van der Waals surface area contributed by atoms with E-state index in [2.05, 4.69) is 0 Å². The van der Waals surface area contributed by atoms with Crippen LogP contribution in [0, 0.1) is 0 Å². The zero-order valence-electron chi connectivity index (χ0n) is 4.42. The minimum Gasteiger partial charge on any atom is -0.198 e. The molecule has 0 saturated heterocycles. The molecule has 0 radical (unpaired) electrons. The van der Waals surface area contributed by atoms with Gasteiger partial charge in [-0.3, -0.25) is 0 Å². The fraction of sp³-hybridized carbons (Fsp3) is 1.00. The van der Waals surface area contributed by atoms with Crippen LogP contribution < -0.4 is 0 Å². The maximum atomic E-state index is 12.0. The average molecular weight is 197 g/mol. The average Bonchev–Trinajstić information content (AvgIpc) is 1.84. The molecule has 1 aliphatic rings. The minimum absolute atomic E-state index is 1.95. The highest BCUT2D eigenvalue weighted by Crippen LogP contribution is 2.56. The summed E-state index contributed by atoms with van der Waals surface area (Å²) in [6.45, 7) is 0. The fourth-order valence-electron chi connectivity index (χ4n) is 0.639. The van der Waals surface area contributed by atoms with E-state index >= 15 is 0 Å². The highest BCUT2D eigenvalue weighted by atomic mass is 35.5. The van der Waals surface area contributed by atoms with E-state index in [0.29, 0.717) is 0 Å². The molecule has 0 N–H and O–H groups in total. The fourth-order valence-corrected chi connectivity index (χ4v) is 1.25. The molecule has 10 heavy (non-hydrogen) atoms. The van der Waals surface area contributed by atoms with Crippen molar-refractivity contribution in [1.82, 2.24) is 0 Å². The summed E-state index contributed by atoms with van der Waals surface area (Å²) in [7, 11) is 0. The first-order valence-corrected chi connectivity index (χ1v) is 3.23. The summed E-state index contributed by atoms with van der Waals surface area (Å²) in [4.78, 5) is 0. The Labute approximate surface area is 64.1 Å². The van der Waals surface area contributed by atoms with Crippen LogP contribution in [0.2, 0.25) is 0 Å². The van der Waals surface area contributed by atoms with Gasteiger partial charge in [0.25, 0.3) is 0 Å². The van der Waals surface area contributed by atoms with Crippen LogP contribution in [0.25, 0.3) is 0 Å². The van der Waals surface area contributed by atoms with Crippen LogP contribution >= 0.6 is 23.2 Å². The number of hydrogen-bond acceptors (Lipinski definition) is 0. The van der Waals surface area contributed by atoms with E-state index < -0.39 is 22.6 Å². The monoisotopic (exact) mass is 196 g/mol. The normalized spacial score (nSPS) is 42.6. The summed E-state index contributed by atoms with van der Waals surface area (Å²) >= 11 is 9.63. The Morgan fingerprint density at radius 3 is 1.10 bits per heavy atom. The maximum Gasteiger partial charge on any atom is 0.329 e. The van der Waals surface area contributed by atoms with Crippen LogP contribution in [0.1, 0.15) is 0 Å². The molecule has 1 rings (SSSR count). The molecular formula is C4H2Cl2F4. The van der Waals surface area contributed by atoms with Gasteiger partial charge < -0.3 is 0 Å². The van der Waals surface area contributed by atoms with Crippen LogP contribution in [0.5, 0.6) is 0 Å². The van der Waals surface area contributed by atoms with E-state index in [9.17, 15) is 17.6 Å². The molecule has 0 aromatic heterocycles. The van der Waals surface area contributed by atoms with Gasteiger partial charge >= 0.3 is 11.8 Å². The molecule has 6 heteroatoms. The molecule has 1 aliphatic carbocycles. The molecule has 0 heterocycles. The Morgan fingerprint density at radius 2 is 1.00 bits per heavy atom. The van der Waals surface area contributed by atoms with Gasteiger partial charge in [-0.25, -0.2) is 0 Å². The molecule has 0 aromatic carbocycles. The van der Waals surface area contributed by atoms with Crippen molar-refractivity contribution in [3.8, 4) is 0 Å². The van der Waals surface area contributed by atoms with Crippen LogP contribution in [-0.4, -0.2) is 22.6 Å². The van der Waals surface area contributed by atoms with Gasteiger partial charge in [0.05, 0.1) is 0 Å². The largest absolute Gasteiger partial charge is 0.329 e. The first kappa shape index (κ1) is 8.40. The Balaban J connectivity index is 2.82. The lowest BCUT2D eigenvalue weighted by atomic mass is 9.88. The molecule has 0 unspecified atom stereocenters. The Hall–Kier alpha value is 0.300. The van der Waals surface area contributed by atoms with E-state index in [0.717, 1.165) is 0 Å². The Bertz CT molecular complexity index is 139. The van der Waals surface area contributed by atoms with Gasteiger partial charge in [0, 0.05) is 0 Å². The van der Waals surface area contributed by atoms with Crippen molar-refractivity contribution < 1.29 is 17.6 Å². The molecule has 1 fully saturated rings. The van der Waals surface area contributed by atoms with Crippen molar-refractivity contribution in [2.45, 2.75) is 22.6 Å². The van der Waals surface area contributed by atoms with Crippen LogP contribution in [0.15, 0.2) is 0 Å². The van der Waals surface area contributed by atoms with Gasteiger partial charge in [-0.15, -0.1) is 23.2 Å². The lowest BCUT2D eigenvalue weighted by molar-refractivity contribution is -0.266. The predicted molar refractivity (Wildman–Crippen MR) is 29.2 cm³/mol. The summed E-state index contributed by atoms with van der Waals surface area (Å²) in [5.41, 5.74) is 0. The molecular weight excluding hydrogens is 195 g/mol. The second-order valence-electron chi connectivity index (χ2n) is 2.05. The number of rotatable bonds is 0. The number of halogens is 6. The molecule has 0 bridgehead atoms. The van der Waals surface area contributed by atoms with Crippen molar-refractivity contribution >= 4 is 23.2 Å². The van der Waals surface area contributed by atoms with Crippen molar-refractivity contribution in [1.29, 1.82) is 0 Å². The van der Waals surface area contributed by atoms with Crippen molar-refractivity contribution in [2.24, 2.45) is 0 Å². The molecule has 0 nitrogen and oxygen atoms in total. The molecule has 0 aliphatic heterocycles. The molecule has 60 valence electrons. The van der Waals surface area contributed by atoms with Crippen LogP contribution in [0.4, 0.5) is 17.6 Å². The molecule has 0 spiro atoms. The van der Waals surface area contributed by atoms with Gasteiger partial charge in [-0.2, -0.15) is 17.6 Å². The second-order valence-corrected chi connectivity index (χ2v) is 2.99. The SMILES string of the molecule is FC1(F)[C@H](Cl)[C@@H](Cl)C1(F)F. The van der Waals surface area contributed by atoms with Gasteiger partial charge in [-0.1, -0.05) is 0 Å². The second kappa shape index (κ2) is 1.91. The topological polar surface area (TPSA) is 0 Å². The van der Waals surface area contributed by atoms with Gasteiger partial charge in [0.15, 0.2) is 0 Å². The van der Waals surface area contributed by atoms with E-state index in [1.807, 2.05) is 0 Å². The summed E-state index contributed by atoms with van der Waals surface area (Å²) in [5, 5.41) is -3.91. The van der Waals surface area contributed by atoms with E-state index in [1.54, 1.807) is 0 Å². The van der Waals surface area contributed by atoms with Crippen molar-refractivity contribution in [3.63, 3.8) is 0 Å². The zero-order chi connectivity index (χ0) is 8.15. The standard InChI is InChI=1S/C4H2Cl2F4/c5-1-2(6)4(9,10)3(1,7)8/h1-2H/t1-,2-/m1/s1. The predicted octanol–water partition coefficient (Wildman–Crippen LogP) is 2.49. The molecule has 0 amide bonds. The first-order chi connectivity index (χ1) is 4.32.